The van der Waals surface area contributed by atoms with Crippen LogP contribution in [0, 0.1) is 11.8 Å². The lowest BCUT2D eigenvalue weighted by atomic mass is 10.0. The van der Waals surface area contributed by atoms with E-state index in [2.05, 4.69) is 31.4 Å². The van der Waals surface area contributed by atoms with Crippen molar-refractivity contribution in [2.75, 3.05) is 13.7 Å². The number of aromatic nitrogens is 4. The van der Waals surface area contributed by atoms with Crippen molar-refractivity contribution >= 4 is 33.8 Å². The number of likely N-dealkylation sites (tertiary alicyclic amines) is 1. The Kier molecular flexibility index (Phi) is 10.2. The van der Waals surface area contributed by atoms with Crippen molar-refractivity contribution in [3.8, 4) is 17.1 Å². The van der Waals surface area contributed by atoms with Gasteiger partial charge in [0.05, 0.1) is 24.3 Å². The quantitative estimate of drug-likeness (QED) is 0.233. The van der Waals surface area contributed by atoms with Crippen LogP contribution in [0.2, 0.25) is 0 Å². The van der Waals surface area contributed by atoms with Gasteiger partial charge in [0.15, 0.2) is 0 Å². The summed E-state index contributed by atoms with van der Waals surface area (Å²) in [4.78, 5) is 57.0. The van der Waals surface area contributed by atoms with E-state index in [1.54, 1.807) is 38.1 Å². The molecule has 1 unspecified atom stereocenters. The topological polar surface area (TPSA) is 207 Å². The molecule has 1 saturated heterocycles. The second-order valence-corrected chi connectivity index (χ2v) is 16.1. The van der Waals surface area contributed by atoms with Crippen molar-refractivity contribution < 1.29 is 41.1 Å². The van der Waals surface area contributed by atoms with Crippen molar-refractivity contribution in [1.29, 1.82) is 0 Å². The predicted molar refractivity (Wildman–Crippen MR) is 177 cm³/mol. The number of carbonyl (C=O) groups is 4. The van der Waals surface area contributed by atoms with Gasteiger partial charge in [0.25, 0.3) is 5.91 Å². The molecule has 51 heavy (non-hydrogen) atoms. The van der Waals surface area contributed by atoms with E-state index >= 15 is 0 Å². The lowest BCUT2D eigenvalue weighted by Crippen LogP contribution is -2.60. The average molecular weight is 736 g/mol. The molecule has 2 aromatic rings. The second kappa shape index (κ2) is 14.3. The van der Waals surface area contributed by atoms with Crippen molar-refractivity contribution in [3.05, 3.63) is 24.3 Å². The number of halogens is 2. The van der Waals surface area contributed by atoms with Crippen LogP contribution in [0.15, 0.2) is 24.3 Å². The van der Waals surface area contributed by atoms with Crippen LogP contribution in [0.4, 0.5) is 13.6 Å². The molecule has 0 bridgehead atoms. The van der Waals surface area contributed by atoms with Gasteiger partial charge in [0, 0.05) is 24.6 Å². The molecule has 5 amide bonds. The van der Waals surface area contributed by atoms with Gasteiger partial charge in [-0.2, -0.15) is 4.80 Å². The number of methoxy groups -OCH3 is 1. The molecule has 19 heteroatoms. The van der Waals surface area contributed by atoms with Gasteiger partial charge in [-0.15, -0.1) is 10.2 Å². The molecular formula is C32H43F2N9O7S. The summed E-state index contributed by atoms with van der Waals surface area (Å²) in [5.74, 6) is -3.95. The standard InChI is InChI=1S/C32H43F2N9O7S/c1-17(2)25(36-31(47)35-19-6-4-5-7-19)29(45)42-16-20(43-39-27(38-41-43)18-8-10-21(50-3)11-9-18)14-24(42)28(44)37-32(15-23(32)26(33)34)30(46)40-51(48,49)22-12-13-22/h8-11,17,19-20,22-26H,4-7,12-16H2,1-3H3,(H,37,44)(H,40,46)(H2,35,36,47)/t20-,23+,24?,25+,32-/m1/s1. The molecule has 16 nitrogen and oxygen atoms in total. The fraction of sp³-hybridized carbons (Fsp3) is 0.656. The minimum absolute atomic E-state index is 0.0201. The molecule has 6 rings (SSSR count). The number of benzene rings is 1. The minimum atomic E-state index is -4.11. The van der Waals surface area contributed by atoms with Crippen LogP contribution in [-0.4, -0.2) is 106 Å². The van der Waals surface area contributed by atoms with Gasteiger partial charge >= 0.3 is 6.03 Å². The number of rotatable bonds is 13. The van der Waals surface area contributed by atoms with Gasteiger partial charge in [-0.25, -0.2) is 22.0 Å². The summed E-state index contributed by atoms with van der Waals surface area (Å²) in [6, 6.07) is 3.26. The summed E-state index contributed by atoms with van der Waals surface area (Å²) in [6.45, 7) is 3.36. The maximum absolute atomic E-state index is 14.2. The second-order valence-electron chi connectivity index (χ2n) is 14.2. The molecule has 3 aliphatic carbocycles. The van der Waals surface area contributed by atoms with Crippen molar-refractivity contribution in [2.45, 2.75) is 107 Å². The van der Waals surface area contributed by atoms with Gasteiger partial charge in [-0.05, 0) is 67.5 Å². The summed E-state index contributed by atoms with van der Waals surface area (Å²) in [5, 5.41) is 20.0. The molecule has 1 aromatic heterocycles. The highest BCUT2D eigenvalue weighted by Gasteiger charge is 2.66. The number of alkyl halides is 2. The van der Waals surface area contributed by atoms with E-state index < -0.39 is 87.4 Å². The number of nitrogens with zero attached hydrogens (tertiary/aromatic N) is 5. The molecule has 0 radical (unpaired) electrons. The first kappa shape index (κ1) is 36.4. The molecular weight excluding hydrogens is 692 g/mol. The molecule has 4 N–H and O–H groups in total. The molecule has 0 spiro atoms. The van der Waals surface area contributed by atoms with E-state index in [-0.39, 0.29) is 24.8 Å². The molecule has 1 aromatic carbocycles. The van der Waals surface area contributed by atoms with Gasteiger partial charge in [-0.3, -0.25) is 19.1 Å². The summed E-state index contributed by atoms with van der Waals surface area (Å²) in [6.07, 6.45) is 0.677. The van der Waals surface area contributed by atoms with Crippen LogP contribution >= 0.6 is 0 Å². The monoisotopic (exact) mass is 735 g/mol. The number of urea groups is 1. The third-order valence-electron chi connectivity index (χ3n) is 10.1. The Morgan fingerprint density at radius 3 is 2.31 bits per heavy atom. The Balaban J connectivity index is 1.25. The summed E-state index contributed by atoms with van der Waals surface area (Å²) in [7, 11) is -2.57. The van der Waals surface area contributed by atoms with Gasteiger partial charge in [0.2, 0.25) is 34.1 Å². The van der Waals surface area contributed by atoms with E-state index in [4.69, 9.17) is 4.74 Å². The van der Waals surface area contributed by atoms with Crippen LogP contribution in [0.1, 0.15) is 71.3 Å². The third kappa shape index (κ3) is 7.77. The van der Waals surface area contributed by atoms with E-state index in [1.165, 1.54) is 16.8 Å². The zero-order valence-corrected chi connectivity index (χ0v) is 29.4. The normalized spacial score (nSPS) is 25.5. The Morgan fingerprint density at radius 2 is 1.73 bits per heavy atom. The summed E-state index contributed by atoms with van der Waals surface area (Å²) < 4.78 is 60.2. The van der Waals surface area contributed by atoms with Gasteiger partial charge < -0.3 is 25.6 Å². The number of nitrogens with one attached hydrogen (secondary N) is 4. The van der Waals surface area contributed by atoms with Crippen molar-refractivity contribution in [1.82, 2.24) is 45.8 Å². The first-order valence-electron chi connectivity index (χ1n) is 17.2. The molecule has 2 heterocycles. The Morgan fingerprint density at radius 1 is 1.04 bits per heavy atom. The Bertz CT molecular complexity index is 1750. The Labute approximate surface area is 293 Å². The van der Waals surface area contributed by atoms with Crippen LogP contribution in [0.3, 0.4) is 0 Å². The van der Waals surface area contributed by atoms with Crippen LogP contribution in [0.25, 0.3) is 11.4 Å². The fourth-order valence-electron chi connectivity index (χ4n) is 6.88. The number of carbonyl (C=O) groups excluding carboxylic acids is 4. The molecule has 278 valence electrons. The van der Waals surface area contributed by atoms with Crippen molar-refractivity contribution in [2.24, 2.45) is 11.8 Å². The first-order valence-corrected chi connectivity index (χ1v) is 18.7. The number of hydrogen-bond donors (Lipinski definition) is 4. The zero-order valence-electron chi connectivity index (χ0n) is 28.6. The maximum Gasteiger partial charge on any atom is 0.315 e. The van der Waals surface area contributed by atoms with Crippen LogP contribution in [0.5, 0.6) is 5.75 Å². The molecule has 1 aliphatic heterocycles. The number of ether oxygens (including phenoxy) is 1. The first-order chi connectivity index (χ1) is 24.2. The molecule has 3 saturated carbocycles. The number of hydrogen-bond acceptors (Lipinski definition) is 10. The fourth-order valence-corrected chi connectivity index (χ4v) is 8.24. The lowest BCUT2D eigenvalue weighted by molar-refractivity contribution is -0.141. The third-order valence-corrected chi connectivity index (χ3v) is 12.0. The van der Waals surface area contributed by atoms with Crippen molar-refractivity contribution in [3.63, 3.8) is 0 Å². The minimum Gasteiger partial charge on any atom is -0.497 e. The number of amides is 5. The van der Waals surface area contributed by atoms with E-state index in [0.29, 0.717) is 24.2 Å². The van der Waals surface area contributed by atoms with E-state index in [1.807, 2.05) is 4.72 Å². The SMILES string of the molecule is COc1ccc(-c2nnn([C@@H]3CC(C(=O)N[C@]4(C(=O)NS(=O)(=O)C5CC5)C[C@H]4C(F)F)N(C(=O)[C@@H](NC(=O)NC4CCCC4)C(C)C)C3)n2)cc1. The highest BCUT2D eigenvalue weighted by Crippen LogP contribution is 2.48. The highest BCUT2D eigenvalue weighted by atomic mass is 32.2. The average Bonchev–Trinajstić information content (AvgIpc) is 3.87. The largest absolute Gasteiger partial charge is 0.497 e. The highest BCUT2D eigenvalue weighted by molar-refractivity contribution is 7.91. The maximum atomic E-state index is 14.2. The predicted octanol–water partition coefficient (Wildman–Crippen LogP) is 1.51. The number of sulfonamides is 1. The molecule has 4 fully saturated rings. The zero-order chi connectivity index (χ0) is 36.7. The number of tetrazole rings is 1. The van der Waals surface area contributed by atoms with Crippen LogP contribution < -0.4 is 25.4 Å². The molecule has 5 atom stereocenters. The lowest BCUT2D eigenvalue weighted by Gasteiger charge is -2.31. The van der Waals surface area contributed by atoms with E-state index in [9.17, 15) is 36.4 Å². The van der Waals surface area contributed by atoms with Crippen LogP contribution in [-0.2, 0) is 24.4 Å². The Hall–Kier alpha value is -4.42. The van der Waals surface area contributed by atoms with E-state index in [0.717, 1.165) is 25.7 Å². The molecule has 4 aliphatic rings. The summed E-state index contributed by atoms with van der Waals surface area (Å²) >= 11 is 0. The smallest absolute Gasteiger partial charge is 0.315 e. The summed E-state index contributed by atoms with van der Waals surface area (Å²) in [5.41, 5.74) is -1.57. The van der Waals surface area contributed by atoms with Gasteiger partial charge in [-0.1, -0.05) is 26.7 Å². The van der Waals surface area contributed by atoms with Gasteiger partial charge in [0.1, 0.15) is 23.4 Å².